The van der Waals surface area contributed by atoms with E-state index in [-0.39, 0.29) is 17.5 Å². The van der Waals surface area contributed by atoms with Crippen molar-refractivity contribution < 1.29 is 13.5 Å². The van der Waals surface area contributed by atoms with Gasteiger partial charge in [0.05, 0.1) is 23.3 Å². The maximum Gasteiger partial charge on any atom is 0.154 e. The topological polar surface area (TPSA) is 84.2 Å². The van der Waals surface area contributed by atoms with Crippen LogP contribution in [-0.2, 0) is 23.3 Å². The lowest BCUT2D eigenvalue weighted by atomic mass is 10.2. The Morgan fingerprint density at radius 3 is 2.88 bits per heavy atom. The van der Waals surface area contributed by atoms with Crippen molar-refractivity contribution in [2.75, 3.05) is 18.1 Å². The van der Waals surface area contributed by atoms with Gasteiger partial charge in [-0.1, -0.05) is 0 Å². The van der Waals surface area contributed by atoms with Gasteiger partial charge in [0.1, 0.15) is 0 Å². The van der Waals surface area contributed by atoms with Crippen LogP contribution in [0.1, 0.15) is 5.69 Å². The molecule has 1 fully saturated rings. The zero-order valence-corrected chi connectivity index (χ0v) is 10.5. The minimum atomic E-state index is -3.07. The van der Waals surface area contributed by atoms with Gasteiger partial charge in [-0.25, -0.2) is 8.42 Å². The van der Waals surface area contributed by atoms with E-state index in [1.165, 1.54) is 0 Å². The SMILES string of the molecule is Cn1ccc(CCNC2CS(=O)(=O)CC2O)n1. The van der Waals surface area contributed by atoms with Crippen LogP contribution < -0.4 is 5.32 Å². The number of hydrogen-bond acceptors (Lipinski definition) is 5. The van der Waals surface area contributed by atoms with Crippen molar-refractivity contribution in [1.82, 2.24) is 15.1 Å². The van der Waals surface area contributed by atoms with Crippen LogP contribution in [0.3, 0.4) is 0 Å². The molecule has 0 radical (unpaired) electrons. The number of nitrogens with zero attached hydrogens (tertiary/aromatic N) is 2. The van der Waals surface area contributed by atoms with Crippen LogP contribution in [0.5, 0.6) is 0 Å². The highest BCUT2D eigenvalue weighted by Gasteiger charge is 2.35. The molecule has 0 aromatic carbocycles. The molecule has 2 rings (SSSR count). The summed E-state index contributed by atoms with van der Waals surface area (Å²) in [7, 11) is -1.22. The lowest BCUT2D eigenvalue weighted by molar-refractivity contribution is 0.166. The van der Waals surface area contributed by atoms with Crippen LogP contribution >= 0.6 is 0 Å². The van der Waals surface area contributed by atoms with Crippen LogP contribution in [-0.4, -0.2) is 53.5 Å². The third-order valence-electron chi connectivity index (χ3n) is 2.88. The van der Waals surface area contributed by atoms with Gasteiger partial charge in [-0.3, -0.25) is 4.68 Å². The molecule has 0 aliphatic carbocycles. The Hall–Kier alpha value is -0.920. The third kappa shape index (κ3) is 3.27. The predicted octanol–water partition coefficient (Wildman–Crippen LogP) is -1.29. The monoisotopic (exact) mass is 259 g/mol. The second-order valence-corrected chi connectivity index (χ2v) is 6.59. The Bertz CT molecular complexity index is 483. The zero-order valence-electron chi connectivity index (χ0n) is 9.70. The summed E-state index contributed by atoms with van der Waals surface area (Å²) in [5, 5.41) is 16.8. The molecule has 1 aromatic rings. The smallest absolute Gasteiger partial charge is 0.154 e. The molecule has 2 heterocycles. The molecule has 7 heteroatoms. The maximum atomic E-state index is 11.3. The van der Waals surface area contributed by atoms with E-state index in [0.29, 0.717) is 6.54 Å². The van der Waals surface area contributed by atoms with Gasteiger partial charge in [-0.05, 0) is 6.07 Å². The normalized spacial score (nSPS) is 27.4. The van der Waals surface area contributed by atoms with Gasteiger partial charge >= 0.3 is 0 Å². The second-order valence-electron chi connectivity index (χ2n) is 4.44. The van der Waals surface area contributed by atoms with E-state index in [1.807, 2.05) is 19.3 Å². The minimum Gasteiger partial charge on any atom is -0.390 e. The van der Waals surface area contributed by atoms with Crippen molar-refractivity contribution in [3.63, 3.8) is 0 Å². The molecule has 2 unspecified atom stereocenters. The molecule has 1 saturated heterocycles. The Balaban J connectivity index is 1.79. The number of aryl methyl sites for hydroxylation is 1. The van der Waals surface area contributed by atoms with Crippen LogP contribution in [0.2, 0.25) is 0 Å². The summed E-state index contributed by atoms with van der Waals surface area (Å²) in [4.78, 5) is 0. The molecular formula is C10H17N3O3S. The van der Waals surface area contributed by atoms with E-state index in [0.717, 1.165) is 12.1 Å². The first-order valence-corrected chi connectivity index (χ1v) is 7.39. The Kier molecular flexibility index (Phi) is 3.50. The Labute approximate surface area is 101 Å². The molecular weight excluding hydrogens is 242 g/mol. The summed E-state index contributed by atoms with van der Waals surface area (Å²) >= 11 is 0. The van der Waals surface area contributed by atoms with Crippen molar-refractivity contribution in [1.29, 1.82) is 0 Å². The Morgan fingerprint density at radius 1 is 1.59 bits per heavy atom. The van der Waals surface area contributed by atoms with Gasteiger partial charge in [0.2, 0.25) is 0 Å². The van der Waals surface area contributed by atoms with E-state index >= 15 is 0 Å². The van der Waals surface area contributed by atoms with E-state index in [1.54, 1.807) is 4.68 Å². The van der Waals surface area contributed by atoms with E-state index in [4.69, 9.17) is 0 Å². The molecule has 0 amide bonds. The number of aliphatic hydroxyl groups is 1. The summed E-state index contributed by atoms with van der Waals surface area (Å²) in [6.07, 6.45) is 1.80. The van der Waals surface area contributed by atoms with Gasteiger partial charge in [0, 0.05) is 32.3 Å². The maximum absolute atomic E-state index is 11.3. The molecule has 96 valence electrons. The highest BCUT2D eigenvalue weighted by atomic mass is 32.2. The quantitative estimate of drug-likeness (QED) is 0.703. The molecule has 1 aliphatic heterocycles. The van der Waals surface area contributed by atoms with Gasteiger partial charge in [-0.2, -0.15) is 5.10 Å². The summed E-state index contributed by atoms with van der Waals surface area (Å²) in [5.41, 5.74) is 0.954. The van der Waals surface area contributed by atoms with Crippen LogP contribution in [0.4, 0.5) is 0 Å². The average Bonchev–Trinajstić information content (AvgIpc) is 2.71. The minimum absolute atomic E-state index is 0.0242. The average molecular weight is 259 g/mol. The molecule has 0 spiro atoms. The third-order valence-corrected chi connectivity index (χ3v) is 4.60. The first-order chi connectivity index (χ1) is 7.96. The summed E-state index contributed by atoms with van der Waals surface area (Å²) in [6, 6.07) is 1.58. The van der Waals surface area contributed by atoms with Crippen LogP contribution in [0, 0.1) is 0 Å². The number of nitrogens with one attached hydrogen (secondary N) is 1. The van der Waals surface area contributed by atoms with Crippen molar-refractivity contribution in [2.45, 2.75) is 18.6 Å². The van der Waals surface area contributed by atoms with Gasteiger partial charge < -0.3 is 10.4 Å². The number of rotatable bonds is 4. The number of hydrogen-bond donors (Lipinski definition) is 2. The van der Waals surface area contributed by atoms with Crippen LogP contribution in [0.15, 0.2) is 12.3 Å². The first kappa shape index (κ1) is 12.5. The molecule has 2 atom stereocenters. The molecule has 1 aliphatic rings. The van der Waals surface area contributed by atoms with Crippen molar-refractivity contribution in [3.05, 3.63) is 18.0 Å². The largest absolute Gasteiger partial charge is 0.390 e. The highest BCUT2D eigenvalue weighted by molar-refractivity contribution is 7.91. The van der Waals surface area contributed by atoms with Gasteiger partial charge in [0.25, 0.3) is 0 Å². The first-order valence-electron chi connectivity index (χ1n) is 5.57. The molecule has 1 aromatic heterocycles. The molecule has 17 heavy (non-hydrogen) atoms. The molecule has 2 N–H and O–H groups in total. The molecule has 0 bridgehead atoms. The Morgan fingerprint density at radius 2 is 2.35 bits per heavy atom. The molecule has 6 nitrogen and oxygen atoms in total. The summed E-state index contributed by atoms with van der Waals surface area (Å²) < 4.78 is 24.3. The van der Waals surface area contributed by atoms with Gasteiger partial charge in [0.15, 0.2) is 9.84 Å². The summed E-state index contributed by atoms with van der Waals surface area (Å²) in [6.45, 7) is 0.619. The fourth-order valence-corrected chi connectivity index (χ4v) is 3.78. The number of aliphatic hydroxyl groups excluding tert-OH is 1. The van der Waals surface area contributed by atoms with E-state index in [9.17, 15) is 13.5 Å². The summed E-state index contributed by atoms with van der Waals surface area (Å²) in [5.74, 6) is -0.107. The van der Waals surface area contributed by atoms with E-state index < -0.39 is 15.9 Å². The van der Waals surface area contributed by atoms with Crippen molar-refractivity contribution in [3.8, 4) is 0 Å². The van der Waals surface area contributed by atoms with Crippen molar-refractivity contribution >= 4 is 9.84 Å². The number of sulfone groups is 1. The fourth-order valence-electron chi connectivity index (χ4n) is 2.01. The zero-order chi connectivity index (χ0) is 12.5. The predicted molar refractivity (Wildman–Crippen MR) is 63.4 cm³/mol. The van der Waals surface area contributed by atoms with Crippen molar-refractivity contribution in [2.24, 2.45) is 7.05 Å². The lowest BCUT2D eigenvalue weighted by Gasteiger charge is -2.13. The lowest BCUT2D eigenvalue weighted by Crippen LogP contribution is -2.39. The highest BCUT2D eigenvalue weighted by Crippen LogP contribution is 2.12. The van der Waals surface area contributed by atoms with Crippen LogP contribution in [0.25, 0.3) is 0 Å². The number of aromatic nitrogens is 2. The standard InChI is InChI=1S/C10H17N3O3S/c1-13-5-3-8(12-13)2-4-11-9-6-17(15,16)7-10(9)14/h3,5,9-11,14H,2,4,6-7H2,1H3. The fraction of sp³-hybridized carbons (Fsp3) is 0.700. The molecule has 0 saturated carbocycles. The van der Waals surface area contributed by atoms with Gasteiger partial charge in [-0.15, -0.1) is 0 Å². The second kappa shape index (κ2) is 4.75. The van der Waals surface area contributed by atoms with E-state index in [2.05, 4.69) is 10.4 Å².